The van der Waals surface area contributed by atoms with Gasteiger partial charge in [0.1, 0.15) is 5.82 Å². The van der Waals surface area contributed by atoms with Gasteiger partial charge in [0.25, 0.3) is 0 Å². The van der Waals surface area contributed by atoms with Crippen molar-refractivity contribution >= 4 is 34.6 Å². The molecule has 0 radical (unpaired) electrons. The molecule has 2 aromatic heterocycles. The minimum atomic E-state index is 0.659. The summed E-state index contributed by atoms with van der Waals surface area (Å²) in [4.78, 5) is 6.26. The van der Waals surface area contributed by atoms with E-state index in [2.05, 4.69) is 15.4 Å². The molecule has 0 unspecified atom stereocenters. The van der Waals surface area contributed by atoms with Gasteiger partial charge in [0.05, 0.1) is 16.9 Å². The van der Waals surface area contributed by atoms with E-state index in [4.69, 9.17) is 11.6 Å². The second-order valence-electron chi connectivity index (χ2n) is 4.60. The first-order valence-corrected chi connectivity index (χ1v) is 6.56. The molecule has 2 heterocycles. The van der Waals surface area contributed by atoms with Crippen LogP contribution in [0.3, 0.4) is 0 Å². The van der Waals surface area contributed by atoms with Gasteiger partial charge in [-0.15, -0.1) is 5.10 Å². The normalized spacial score (nSPS) is 10.8. The SMILES string of the molecule is CN(C)c1ccc2ncc(Nc3ccccc3Cl)n2n1. The molecule has 3 rings (SSSR count). The molecule has 0 bridgehead atoms. The molecule has 1 N–H and O–H groups in total. The van der Waals surface area contributed by atoms with Crippen molar-refractivity contribution in [2.24, 2.45) is 0 Å². The molecule has 0 fully saturated rings. The molecule has 0 aliphatic carbocycles. The molecular weight excluding hydrogens is 274 g/mol. The minimum absolute atomic E-state index is 0.659. The van der Waals surface area contributed by atoms with Gasteiger partial charge in [-0.25, -0.2) is 4.98 Å². The topological polar surface area (TPSA) is 45.5 Å². The van der Waals surface area contributed by atoms with Crippen LogP contribution in [0.4, 0.5) is 17.3 Å². The highest BCUT2D eigenvalue weighted by Gasteiger charge is 2.08. The van der Waals surface area contributed by atoms with E-state index >= 15 is 0 Å². The molecule has 20 heavy (non-hydrogen) atoms. The van der Waals surface area contributed by atoms with E-state index in [0.29, 0.717) is 5.02 Å². The Morgan fingerprint density at radius 1 is 1.15 bits per heavy atom. The van der Waals surface area contributed by atoms with Crippen molar-refractivity contribution in [1.29, 1.82) is 0 Å². The van der Waals surface area contributed by atoms with Gasteiger partial charge in [0.15, 0.2) is 11.5 Å². The summed E-state index contributed by atoms with van der Waals surface area (Å²) in [6, 6.07) is 11.4. The number of hydrogen-bond donors (Lipinski definition) is 1. The van der Waals surface area contributed by atoms with Gasteiger partial charge < -0.3 is 10.2 Å². The number of aromatic nitrogens is 3. The first kappa shape index (κ1) is 12.7. The Labute approximate surface area is 121 Å². The summed E-state index contributed by atoms with van der Waals surface area (Å²) in [6.45, 7) is 0. The summed E-state index contributed by atoms with van der Waals surface area (Å²) in [5, 5.41) is 8.44. The smallest absolute Gasteiger partial charge is 0.156 e. The lowest BCUT2D eigenvalue weighted by molar-refractivity contribution is 0.907. The van der Waals surface area contributed by atoms with Crippen LogP contribution in [0.1, 0.15) is 0 Å². The Balaban J connectivity index is 2.03. The second kappa shape index (κ2) is 5.02. The summed E-state index contributed by atoms with van der Waals surface area (Å²) < 4.78 is 1.76. The average molecular weight is 288 g/mol. The number of para-hydroxylation sites is 1. The maximum absolute atomic E-state index is 6.15. The zero-order chi connectivity index (χ0) is 14.1. The second-order valence-corrected chi connectivity index (χ2v) is 5.01. The first-order chi connectivity index (χ1) is 9.65. The Morgan fingerprint density at radius 2 is 1.95 bits per heavy atom. The molecule has 0 aliphatic heterocycles. The number of fused-ring (bicyclic) bond motifs is 1. The van der Waals surface area contributed by atoms with Crippen LogP contribution in [0.2, 0.25) is 5.02 Å². The number of benzene rings is 1. The maximum Gasteiger partial charge on any atom is 0.156 e. The zero-order valence-electron chi connectivity index (χ0n) is 11.2. The number of nitrogens with zero attached hydrogens (tertiary/aromatic N) is 4. The number of imidazole rings is 1. The molecular formula is C14H14ClN5. The van der Waals surface area contributed by atoms with Crippen LogP contribution >= 0.6 is 11.6 Å². The largest absolute Gasteiger partial charge is 0.361 e. The van der Waals surface area contributed by atoms with Crippen molar-refractivity contribution in [3.8, 4) is 0 Å². The third-order valence-corrected chi connectivity index (χ3v) is 3.27. The van der Waals surface area contributed by atoms with E-state index in [9.17, 15) is 0 Å². The van der Waals surface area contributed by atoms with Crippen LogP contribution in [0.5, 0.6) is 0 Å². The van der Waals surface area contributed by atoms with Gasteiger partial charge in [-0.1, -0.05) is 23.7 Å². The van der Waals surface area contributed by atoms with Gasteiger partial charge in [-0.2, -0.15) is 4.52 Å². The summed E-state index contributed by atoms with van der Waals surface area (Å²) in [5.41, 5.74) is 1.61. The highest BCUT2D eigenvalue weighted by atomic mass is 35.5. The third-order valence-electron chi connectivity index (χ3n) is 2.94. The fourth-order valence-electron chi connectivity index (χ4n) is 1.89. The fraction of sp³-hybridized carbons (Fsp3) is 0.143. The lowest BCUT2D eigenvalue weighted by atomic mass is 10.3. The minimum Gasteiger partial charge on any atom is -0.361 e. The fourth-order valence-corrected chi connectivity index (χ4v) is 2.07. The van der Waals surface area contributed by atoms with Crippen molar-refractivity contribution < 1.29 is 0 Å². The van der Waals surface area contributed by atoms with Gasteiger partial charge in [-0.05, 0) is 24.3 Å². The van der Waals surface area contributed by atoms with Crippen LogP contribution in [0, 0.1) is 0 Å². The molecule has 0 saturated carbocycles. The van der Waals surface area contributed by atoms with Crippen molar-refractivity contribution in [2.45, 2.75) is 0 Å². The van der Waals surface area contributed by atoms with Crippen molar-refractivity contribution in [2.75, 3.05) is 24.3 Å². The highest BCUT2D eigenvalue weighted by molar-refractivity contribution is 6.33. The number of anilines is 3. The summed E-state index contributed by atoms with van der Waals surface area (Å²) >= 11 is 6.15. The van der Waals surface area contributed by atoms with Crippen LogP contribution in [0.25, 0.3) is 5.65 Å². The maximum atomic E-state index is 6.15. The van der Waals surface area contributed by atoms with Crippen LogP contribution in [-0.2, 0) is 0 Å². The monoisotopic (exact) mass is 287 g/mol. The van der Waals surface area contributed by atoms with Crippen LogP contribution in [-0.4, -0.2) is 28.7 Å². The van der Waals surface area contributed by atoms with Gasteiger partial charge >= 0.3 is 0 Å². The highest BCUT2D eigenvalue weighted by Crippen LogP contribution is 2.25. The zero-order valence-corrected chi connectivity index (χ0v) is 12.0. The van der Waals surface area contributed by atoms with Crippen LogP contribution < -0.4 is 10.2 Å². The van der Waals surface area contributed by atoms with Gasteiger partial charge in [0, 0.05) is 14.1 Å². The number of rotatable bonds is 3. The van der Waals surface area contributed by atoms with Crippen molar-refractivity contribution in [3.63, 3.8) is 0 Å². The Hall–Kier alpha value is -2.27. The molecule has 0 saturated heterocycles. The Morgan fingerprint density at radius 3 is 2.70 bits per heavy atom. The van der Waals surface area contributed by atoms with Crippen molar-refractivity contribution in [1.82, 2.24) is 14.6 Å². The molecule has 0 atom stereocenters. The average Bonchev–Trinajstić information content (AvgIpc) is 2.84. The first-order valence-electron chi connectivity index (χ1n) is 6.19. The van der Waals surface area contributed by atoms with E-state index < -0.39 is 0 Å². The molecule has 5 nitrogen and oxygen atoms in total. The summed E-state index contributed by atoms with van der Waals surface area (Å²) in [7, 11) is 3.90. The van der Waals surface area contributed by atoms with E-state index in [1.165, 1.54) is 0 Å². The molecule has 3 aromatic rings. The van der Waals surface area contributed by atoms with E-state index in [-0.39, 0.29) is 0 Å². The molecule has 102 valence electrons. The van der Waals surface area contributed by atoms with Gasteiger partial charge in [-0.3, -0.25) is 0 Å². The third kappa shape index (κ3) is 2.28. The van der Waals surface area contributed by atoms with Crippen molar-refractivity contribution in [3.05, 3.63) is 47.6 Å². The molecule has 0 spiro atoms. The molecule has 0 aliphatic rings. The molecule has 1 aromatic carbocycles. The number of hydrogen-bond acceptors (Lipinski definition) is 4. The lowest BCUT2D eigenvalue weighted by Crippen LogP contribution is -2.12. The Kier molecular flexibility index (Phi) is 3.20. The standard InChI is InChI=1S/C14H14ClN5/c1-19(2)13-8-7-12-16-9-14(20(12)18-13)17-11-6-4-3-5-10(11)15/h3-9,17H,1-2H3. The lowest BCUT2D eigenvalue weighted by Gasteiger charge is -2.12. The quantitative estimate of drug-likeness (QED) is 0.803. The van der Waals surface area contributed by atoms with E-state index in [1.54, 1.807) is 10.7 Å². The Bertz CT molecular complexity index is 750. The summed E-state index contributed by atoms with van der Waals surface area (Å²) in [5.74, 6) is 1.63. The van der Waals surface area contributed by atoms with E-state index in [1.807, 2.05) is 55.4 Å². The van der Waals surface area contributed by atoms with Gasteiger partial charge in [0.2, 0.25) is 0 Å². The molecule has 0 amide bonds. The molecule has 6 heteroatoms. The number of nitrogens with one attached hydrogen (secondary N) is 1. The predicted molar refractivity (Wildman–Crippen MR) is 82.0 cm³/mol. The summed E-state index contributed by atoms with van der Waals surface area (Å²) in [6.07, 6.45) is 1.74. The van der Waals surface area contributed by atoms with E-state index in [0.717, 1.165) is 23.0 Å². The number of halogens is 1. The predicted octanol–water partition coefficient (Wildman–Crippen LogP) is 3.19. The van der Waals surface area contributed by atoms with Crippen LogP contribution in [0.15, 0.2) is 42.6 Å².